The van der Waals surface area contributed by atoms with Crippen LogP contribution in [0.15, 0.2) is 0 Å². The van der Waals surface area contributed by atoms with Gasteiger partial charge in [0.2, 0.25) is 0 Å². The van der Waals surface area contributed by atoms with E-state index in [9.17, 15) is 13.2 Å². The fraction of sp³-hybridized carbons (Fsp3) is 1.00. The molecule has 0 aromatic rings. The maximum Gasteiger partial charge on any atom is 0.485 e. The molecule has 0 aromatic carbocycles. The molecule has 1 aliphatic heterocycles. The molecule has 1 heterocycles. The van der Waals surface area contributed by atoms with Crippen molar-refractivity contribution in [1.82, 2.24) is 0 Å². The van der Waals surface area contributed by atoms with E-state index >= 15 is 0 Å². The zero-order valence-electron chi connectivity index (χ0n) is 7.19. The van der Waals surface area contributed by atoms with E-state index in [1.165, 1.54) is 18.6 Å². The van der Waals surface area contributed by atoms with E-state index in [1.54, 1.807) is 23.0 Å². The van der Waals surface area contributed by atoms with Crippen molar-refractivity contribution in [3.8, 4) is 0 Å². The Kier molecular flexibility index (Phi) is 6.79. The minimum Gasteiger partial charge on any atom is -0.741 e. The van der Waals surface area contributed by atoms with Gasteiger partial charge in [0.05, 0.1) is 0 Å². The second-order valence-corrected chi connectivity index (χ2v) is 5.63. The first-order valence-electron chi connectivity index (χ1n) is 3.61. The lowest BCUT2D eigenvalue weighted by Gasteiger charge is -2.08. The van der Waals surface area contributed by atoms with Crippen LogP contribution in [0.25, 0.3) is 0 Å². The maximum atomic E-state index is 10.7. The summed E-state index contributed by atoms with van der Waals surface area (Å²) in [6.45, 7) is 0. The minimum atomic E-state index is -6.09. The Labute approximate surface area is 103 Å². The van der Waals surface area contributed by atoms with Crippen molar-refractivity contribution >= 4 is 21.9 Å². The monoisotopic (exact) mass is 380 g/mol. The Balaban J connectivity index is 0.000000262. The van der Waals surface area contributed by atoms with Crippen LogP contribution in [0.2, 0.25) is 0 Å². The van der Waals surface area contributed by atoms with Crippen LogP contribution in [0.1, 0.15) is 12.8 Å². The molecular formula is C5H8F3IO4S2. The second kappa shape index (κ2) is 6.47. The molecule has 0 radical (unpaired) electrons. The Morgan fingerprint density at radius 2 is 1.93 bits per heavy atom. The van der Waals surface area contributed by atoms with Crippen molar-refractivity contribution in [2.24, 2.45) is 0 Å². The normalized spacial score (nSPS) is 22.1. The molecule has 0 N–H and O–H groups in total. The van der Waals surface area contributed by atoms with Crippen molar-refractivity contribution in [3.63, 3.8) is 0 Å². The van der Waals surface area contributed by atoms with Crippen LogP contribution in [-0.2, 0) is 13.2 Å². The number of rotatable bonds is 1. The molecule has 4 nitrogen and oxygen atoms in total. The first kappa shape index (κ1) is 15.7. The van der Waals surface area contributed by atoms with Gasteiger partial charge in [-0.2, -0.15) is 13.2 Å². The highest BCUT2D eigenvalue weighted by Gasteiger charge is 2.36. The summed E-state index contributed by atoms with van der Waals surface area (Å²) >= 11 is 3.64. The molecule has 1 fully saturated rings. The number of alkyl halides is 3. The smallest absolute Gasteiger partial charge is 0.485 e. The molecule has 0 aliphatic carbocycles. The third-order valence-electron chi connectivity index (χ3n) is 1.28. The molecule has 1 atom stereocenters. The highest BCUT2D eigenvalue weighted by atomic mass is 127. The molecule has 0 aromatic heterocycles. The van der Waals surface area contributed by atoms with Gasteiger partial charge in [-0.25, -0.2) is 8.42 Å². The van der Waals surface area contributed by atoms with Gasteiger partial charge in [0, 0.05) is 0 Å². The third kappa shape index (κ3) is 6.81. The van der Waals surface area contributed by atoms with Crippen LogP contribution in [-0.4, -0.2) is 29.7 Å². The third-order valence-corrected chi connectivity index (χ3v) is 4.12. The lowest BCUT2D eigenvalue weighted by Crippen LogP contribution is -3.34. The summed E-state index contributed by atoms with van der Waals surface area (Å²) in [7, 11) is -6.09. The summed E-state index contributed by atoms with van der Waals surface area (Å²) in [6, 6.07) is 0. The minimum absolute atomic E-state index is 0.518. The Hall–Kier alpha value is 0.740. The first-order valence-corrected chi connectivity index (χ1v) is 7.01. The van der Waals surface area contributed by atoms with Crippen LogP contribution in [0.3, 0.4) is 0 Å². The van der Waals surface area contributed by atoms with Crippen LogP contribution in [0, 0.1) is 0 Å². The molecule has 1 aliphatic rings. The second-order valence-electron chi connectivity index (χ2n) is 2.44. The molecule has 15 heavy (non-hydrogen) atoms. The number of thioether (sulfide) groups is 1. The predicted molar refractivity (Wildman–Crippen MR) is 43.7 cm³/mol. The molecule has 0 amide bonds. The lowest BCUT2D eigenvalue weighted by molar-refractivity contribution is -0.694. The molecule has 10 heteroatoms. The van der Waals surface area contributed by atoms with Crippen LogP contribution < -0.4 is 23.0 Å². The summed E-state index contributed by atoms with van der Waals surface area (Å²) in [6.07, 6.45) is 2.59. The van der Waals surface area contributed by atoms with Gasteiger partial charge in [-0.15, -0.1) is 14.8 Å². The summed E-state index contributed by atoms with van der Waals surface area (Å²) in [5.41, 5.74) is -5.13. The molecule has 1 rings (SSSR count). The summed E-state index contributed by atoms with van der Waals surface area (Å²) in [5.74, 6) is 1.29. The average Bonchev–Trinajstić information content (AvgIpc) is 2.52. The number of halogens is 4. The maximum absolute atomic E-state index is 10.7. The average molecular weight is 380 g/mol. The van der Waals surface area contributed by atoms with Gasteiger partial charge < -0.3 is 4.55 Å². The summed E-state index contributed by atoms with van der Waals surface area (Å²) in [4.78, 5) is 0. The zero-order chi connectivity index (χ0) is 12.1. The molecule has 0 spiro atoms. The molecular weight excluding hydrogens is 372 g/mol. The molecule has 0 saturated carbocycles. The van der Waals surface area contributed by atoms with Gasteiger partial charge in [-0.05, 0) is 18.6 Å². The standard InChI is InChI=1S/C4H8IOS.CHF3O3S/c5-6-4-2-1-3-7-4;2-1(3,4)8(5,6)7/h4-5H,1-3H2;(H,5,6,7)/q+1;/p-1. The fourth-order valence-electron chi connectivity index (χ4n) is 0.624. The Morgan fingerprint density at radius 3 is 2.07 bits per heavy atom. The van der Waals surface area contributed by atoms with Crippen molar-refractivity contribution in [1.29, 1.82) is 0 Å². The fourth-order valence-corrected chi connectivity index (χ4v) is 2.36. The van der Waals surface area contributed by atoms with Gasteiger partial charge in [0.25, 0.3) is 0 Å². The van der Waals surface area contributed by atoms with Crippen molar-refractivity contribution in [2.45, 2.75) is 23.8 Å². The molecule has 0 bridgehead atoms. The highest BCUT2D eigenvalue weighted by molar-refractivity contribution is 7.99. The van der Waals surface area contributed by atoms with E-state index in [0.717, 1.165) is 0 Å². The van der Waals surface area contributed by atoms with E-state index in [-0.39, 0.29) is 0 Å². The van der Waals surface area contributed by atoms with Gasteiger partial charge in [-0.1, -0.05) is 0 Å². The summed E-state index contributed by atoms with van der Waals surface area (Å²) < 4.78 is 64.0. The molecule has 92 valence electrons. The Morgan fingerprint density at radius 1 is 1.47 bits per heavy atom. The predicted octanol–water partition coefficient (Wildman–Crippen LogP) is -1.89. The van der Waals surface area contributed by atoms with Crippen LogP contribution >= 0.6 is 11.8 Å². The Bertz CT molecular complexity index is 272. The van der Waals surface area contributed by atoms with E-state index in [1.807, 2.05) is 11.8 Å². The lowest BCUT2D eigenvalue weighted by atomic mass is 10.4. The zero-order valence-corrected chi connectivity index (χ0v) is 11.2. The number of hydrogen-bond acceptors (Lipinski definition) is 5. The van der Waals surface area contributed by atoms with E-state index in [4.69, 9.17) is 16.0 Å². The van der Waals surface area contributed by atoms with Gasteiger partial charge in [0.15, 0.2) is 15.6 Å². The van der Waals surface area contributed by atoms with Crippen molar-refractivity contribution < 1.29 is 52.2 Å². The van der Waals surface area contributed by atoms with Crippen molar-refractivity contribution in [2.75, 3.05) is 5.75 Å². The SMILES string of the molecule is O=S(=O)([O-])C(F)(F)F.[IH+]OC1CCCS1. The van der Waals surface area contributed by atoms with E-state index in [2.05, 4.69) is 0 Å². The van der Waals surface area contributed by atoms with Crippen LogP contribution in [0.5, 0.6) is 0 Å². The van der Waals surface area contributed by atoms with E-state index < -0.39 is 15.6 Å². The topological polar surface area (TPSA) is 66.4 Å². The van der Waals surface area contributed by atoms with Gasteiger partial charge in [-0.3, -0.25) is 0 Å². The van der Waals surface area contributed by atoms with Gasteiger partial charge >= 0.3 is 28.5 Å². The molecule has 1 saturated heterocycles. The molecule has 1 unspecified atom stereocenters. The van der Waals surface area contributed by atoms with Crippen LogP contribution in [0.4, 0.5) is 13.2 Å². The quantitative estimate of drug-likeness (QED) is 0.302. The van der Waals surface area contributed by atoms with Crippen molar-refractivity contribution in [3.05, 3.63) is 0 Å². The van der Waals surface area contributed by atoms with Gasteiger partial charge in [0.1, 0.15) is 0 Å². The van der Waals surface area contributed by atoms with E-state index in [0.29, 0.717) is 5.44 Å². The first-order chi connectivity index (χ1) is 6.68. The number of hydrogen-bond donors (Lipinski definition) is 0. The highest BCUT2D eigenvalue weighted by Crippen LogP contribution is 2.24. The summed E-state index contributed by atoms with van der Waals surface area (Å²) in [5, 5.41) is 0. The largest absolute Gasteiger partial charge is 0.741 e.